The highest BCUT2D eigenvalue weighted by atomic mass is 32.1. The first-order valence-electron chi connectivity index (χ1n) is 8.62. The number of carbonyl (C=O) groups is 1. The number of aromatic nitrogens is 1. The number of nitrogens with zero attached hydrogens (tertiary/aromatic N) is 1. The summed E-state index contributed by atoms with van der Waals surface area (Å²) in [4.78, 5) is 12.7. The molecule has 2 aromatic heterocycles. The number of fused-ring (bicyclic) bond motifs is 1. The number of carbonyl (C=O) groups excluding carboxylic acids is 1. The van der Waals surface area contributed by atoms with Gasteiger partial charge in [-0.15, -0.1) is 11.3 Å². The van der Waals surface area contributed by atoms with Crippen molar-refractivity contribution in [2.45, 2.75) is 26.3 Å². The van der Waals surface area contributed by atoms with Crippen LogP contribution in [0.15, 0.2) is 35.7 Å². The summed E-state index contributed by atoms with van der Waals surface area (Å²) in [6.45, 7) is 4.75. The Hall–Kier alpha value is -2.47. The predicted molar refractivity (Wildman–Crippen MR) is 106 cm³/mol. The van der Waals surface area contributed by atoms with Gasteiger partial charge in [-0.3, -0.25) is 4.79 Å². The van der Waals surface area contributed by atoms with Crippen LogP contribution in [0.4, 0.5) is 0 Å². The van der Waals surface area contributed by atoms with Gasteiger partial charge >= 0.3 is 0 Å². The summed E-state index contributed by atoms with van der Waals surface area (Å²) >= 11 is 1.66. The first-order valence-corrected chi connectivity index (χ1v) is 9.50. The molecule has 3 aromatic rings. The molecular weight excluding hydrogens is 348 g/mol. The molecule has 0 saturated carbocycles. The summed E-state index contributed by atoms with van der Waals surface area (Å²) in [6.07, 6.45) is 0.725. The topological polar surface area (TPSA) is 52.5 Å². The van der Waals surface area contributed by atoms with Gasteiger partial charge < -0.3 is 19.4 Å². The van der Waals surface area contributed by atoms with E-state index in [0.717, 1.165) is 22.2 Å². The minimum atomic E-state index is -0.0393. The standard InChI is InChI=1S/C20H24N2O3S/c1-13(2)22-15-8-10-26-19(15)12-16(22)20(23)21-9-7-14-5-6-17(24-3)18(11-14)25-4/h5-6,8,10-13H,7,9H2,1-4H3,(H,21,23). The fraction of sp³-hybridized carbons (Fsp3) is 0.350. The van der Waals surface area contributed by atoms with Crippen molar-refractivity contribution in [3.63, 3.8) is 0 Å². The molecule has 0 aliphatic carbocycles. The summed E-state index contributed by atoms with van der Waals surface area (Å²) < 4.78 is 13.8. The van der Waals surface area contributed by atoms with Gasteiger partial charge in [-0.25, -0.2) is 0 Å². The minimum absolute atomic E-state index is 0.0393. The molecule has 3 rings (SSSR count). The molecule has 138 valence electrons. The van der Waals surface area contributed by atoms with Crippen molar-refractivity contribution in [1.82, 2.24) is 9.88 Å². The molecule has 0 fully saturated rings. The van der Waals surface area contributed by atoms with E-state index in [1.54, 1.807) is 25.6 Å². The smallest absolute Gasteiger partial charge is 0.267 e. The van der Waals surface area contributed by atoms with E-state index in [-0.39, 0.29) is 11.9 Å². The summed E-state index contributed by atoms with van der Waals surface area (Å²) in [6, 6.07) is 10.1. The third-order valence-corrected chi connectivity index (χ3v) is 5.21. The van der Waals surface area contributed by atoms with Crippen LogP contribution in [-0.4, -0.2) is 31.2 Å². The van der Waals surface area contributed by atoms with Gasteiger partial charge in [0.1, 0.15) is 5.69 Å². The molecule has 0 saturated heterocycles. The highest BCUT2D eigenvalue weighted by Gasteiger charge is 2.18. The number of thiophene rings is 1. The Morgan fingerprint density at radius 1 is 1.15 bits per heavy atom. The number of rotatable bonds is 7. The molecule has 0 unspecified atom stereocenters. The van der Waals surface area contributed by atoms with E-state index in [4.69, 9.17) is 9.47 Å². The third kappa shape index (κ3) is 3.55. The number of ether oxygens (including phenoxy) is 2. The lowest BCUT2D eigenvalue weighted by Gasteiger charge is -2.14. The summed E-state index contributed by atoms with van der Waals surface area (Å²) in [5.74, 6) is 1.36. The summed E-state index contributed by atoms with van der Waals surface area (Å²) in [5.41, 5.74) is 2.92. The van der Waals surface area contributed by atoms with Gasteiger partial charge in [0.05, 0.1) is 24.4 Å². The number of nitrogens with one attached hydrogen (secondary N) is 1. The third-order valence-electron chi connectivity index (χ3n) is 4.36. The minimum Gasteiger partial charge on any atom is -0.493 e. The average Bonchev–Trinajstić information content (AvgIpc) is 3.21. The number of benzene rings is 1. The Morgan fingerprint density at radius 2 is 1.92 bits per heavy atom. The molecule has 1 N–H and O–H groups in total. The van der Waals surface area contributed by atoms with Gasteiger partial charge in [-0.1, -0.05) is 6.07 Å². The van der Waals surface area contributed by atoms with E-state index in [2.05, 4.69) is 35.2 Å². The monoisotopic (exact) mass is 372 g/mol. The van der Waals surface area contributed by atoms with Crippen LogP contribution in [0.2, 0.25) is 0 Å². The largest absolute Gasteiger partial charge is 0.493 e. The Kier molecular flexibility index (Phi) is 5.52. The second-order valence-electron chi connectivity index (χ2n) is 6.36. The molecule has 0 radical (unpaired) electrons. The number of hydrogen-bond acceptors (Lipinski definition) is 4. The zero-order valence-corrected chi connectivity index (χ0v) is 16.4. The molecule has 0 atom stereocenters. The summed E-state index contributed by atoms with van der Waals surface area (Å²) in [5, 5.41) is 5.09. The second-order valence-corrected chi connectivity index (χ2v) is 7.31. The predicted octanol–water partition coefficient (Wildman–Crippen LogP) is 4.27. The molecule has 0 spiro atoms. The van der Waals surface area contributed by atoms with E-state index in [9.17, 15) is 4.79 Å². The maximum atomic E-state index is 12.7. The SMILES string of the molecule is COc1ccc(CCNC(=O)c2cc3sccc3n2C(C)C)cc1OC. The Balaban J connectivity index is 1.68. The molecule has 1 aromatic carbocycles. The van der Waals surface area contributed by atoms with Crippen molar-refractivity contribution >= 4 is 27.5 Å². The van der Waals surface area contributed by atoms with Crippen LogP contribution in [0.25, 0.3) is 10.2 Å². The zero-order valence-electron chi connectivity index (χ0n) is 15.5. The van der Waals surface area contributed by atoms with Crippen molar-refractivity contribution in [3.05, 3.63) is 47.0 Å². The van der Waals surface area contributed by atoms with Crippen LogP contribution < -0.4 is 14.8 Å². The van der Waals surface area contributed by atoms with Crippen LogP contribution in [0.3, 0.4) is 0 Å². The van der Waals surface area contributed by atoms with Gasteiger partial charge in [0, 0.05) is 12.6 Å². The van der Waals surface area contributed by atoms with Gasteiger partial charge in [0.25, 0.3) is 5.91 Å². The average molecular weight is 372 g/mol. The summed E-state index contributed by atoms with van der Waals surface area (Å²) in [7, 11) is 3.24. The first-order chi connectivity index (χ1) is 12.5. The second kappa shape index (κ2) is 7.83. The lowest BCUT2D eigenvalue weighted by atomic mass is 10.1. The van der Waals surface area contributed by atoms with Crippen LogP contribution in [0.5, 0.6) is 11.5 Å². The number of hydrogen-bond donors (Lipinski definition) is 1. The van der Waals surface area contributed by atoms with Crippen LogP contribution in [0.1, 0.15) is 35.9 Å². The highest BCUT2D eigenvalue weighted by Crippen LogP contribution is 2.29. The molecular formula is C20H24N2O3S. The van der Waals surface area contributed by atoms with E-state index in [1.807, 2.05) is 24.3 Å². The maximum absolute atomic E-state index is 12.7. The molecule has 0 aliphatic rings. The van der Waals surface area contributed by atoms with Crippen LogP contribution in [0, 0.1) is 0 Å². The molecule has 26 heavy (non-hydrogen) atoms. The molecule has 2 heterocycles. The molecule has 1 amide bonds. The van der Waals surface area contributed by atoms with Gasteiger partial charge in [-0.05, 0) is 55.5 Å². The first kappa shape index (κ1) is 18.3. The molecule has 6 heteroatoms. The van der Waals surface area contributed by atoms with Gasteiger partial charge in [0.15, 0.2) is 11.5 Å². The van der Waals surface area contributed by atoms with Crippen molar-refractivity contribution in [2.75, 3.05) is 20.8 Å². The fourth-order valence-corrected chi connectivity index (χ4v) is 3.93. The van der Waals surface area contributed by atoms with Crippen molar-refractivity contribution < 1.29 is 14.3 Å². The Morgan fingerprint density at radius 3 is 2.62 bits per heavy atom. The molecule has 5 nitrogen and oxygen atoms in total. The zero-order chi connectivity index (χ0) is 18.7. The van der Waals surface area contributed by atoms with Crippen LogP contribution in [-0.2, 0) is 6.42 Å². The van der Waals surface area contributed by atoms with E-state index >= 15 is 0 Å². The normalized spacial score (nSPS) is 11.1. The lowest BCUT2D eigenvalue weighted by molar-refractivity contribution is 0.0944. The fourth-order valence-electron chi connectivity index (χ4n) is 3.12. The number of amides is 1. The van der Waals surface area contributed by atoms with Crippen molar-refractivity contribution in [2.24, 2.45) is 0 Å². The highest BCUT2D eigenvalue weighted by molar-refractivity contribution is 7.17. The van der Waals surface area contributed by atoms with Crippen molar-refractivity contribution in [1.29, 1.82) is 0 Å². The molecule has 0 bridgehead atoms. The molecule has 0 aliphatic heterocycles. The van der Waals surface area contributed by atoms with E-state index < -0.39 is 0 Å². The number of methoxy groups -OCH3 is 2. The lowest BCUT2D eigenvalue weighted by Crippen LogP contribution is -2.28. The van der Waals surface area contributed by atoms with Crippen molar-refractivity contribution in [3.8, 4) is 11.5 Å². The van der Waals surface area contributed by atoms with E-state index in [1.165, 1.54) is 0 Å². The van der Waals surface area contributed by atoms with E-state index in [0.29, 0.717) is 23.7 Å². The Bertz CT molecular complexity index is 911. The quantitative estimate of drug-likeness (QED) is 0.674. The maximum Gasteiger partial charge on any atom is 0.267 e. The Labute approximate surface area is 157 Å². The van der Waals surface area contributed by atoms with Crippen LogP contribution >= 0.6 is 11.3 Å². The van der Waals surface area contributed by atoms with Gasteiger partial charge in [-0.2, -0.15) is 0 Å². The van der Waals surface area contributed by atoms with Gasteiger partial charge in [0.2, 0.25) is 0 Å².